The van der Waals surface area contributed by atoms with Gasteiger partial charge in [-0.25, -0.2) is 4.79 Å². The maximum atomic E-state index is 11.1. The molecule has 1 aliphatic rings. The summed E-state index contributed by atoms with van der Waals surface area (Å²) >= 11 is 0. The third-order valence-electron chi connectivity index (χ3n) is 4.73. The van der Waals surface area contributed by atoms with E-state index in [9.17, 15) is 4.79 Å². The molecule has 1 fully saturated rings. The van der Waals surface area contributed by atoms with E-state index >= 15 is 0 Å². The Labute approximate surface area is 127 Å². The van der Waals surface area contributed by atoms with Crippen LogP contribution in [0.2, 0.25) is 0 Å². The number of anilines is 1. The third-order valence-corrected chi connectivity index (χ3v) is 4.73. The van der Waals surface area contributed by atoms with Crippen molar-refractivity contribution in [2.75, 3.05) is 18.4 Å². The lowest BCUT2D eigenvalue weighted by molar-refractivity contribution is 0.193. The Morgan fingerprint density at radius 3 is 2.33 bits per heavy atom. The number of piperidine rings is 1. The fraction of sp³-hybridized carbons (Fsp3) is 0.588. The maximum absolute atomic E-state index is 11.1. The maximum Gasteiger partial charge on any atom is 0.314 e. The van der Waals surface area contributed by atoms with Crippen LogP contribution in [0.4, 0.5) is 10.5 Å². The Kier molecular flexibility index (Phi) is 4.76. The topological polar surface area (TPSA) is 58.4 Å². The zero-order chi connectivity index (χ0) is 15.5. The first-order valence-corrected chi connectivity index (χ1v) is 7.84. The van der Waals surface area contributed by atoms with Gasteiger partial charge in [-0.05, 0) is 42.4 Å². The fourth-order valence-electron chi connectivity index (χ4n) is 2.70. The second-order valence-electron chi connectivity index (χ2n) is 6.56. The van der Waals surface area contributed by atoms with Crippen molar-refractivity contribution in [3.63, 3.8) is 0 Å². The van der Waals surface area contributed by atoms with E-state index in [1.807, 2.05) is 0 Å². The predicted octanol–water partition coefficient (Wildman–Crippen LogP) is 3.33. The molecule has 1 aromatic rings. The van der Waals surface area contributed by atoms with Gasteiger partial charge in [0.05, 0.1) is 0 Å². The SMILES string of the molecule is CCC(C)(C)c1ccc(NC2CCN(C(N)=O)CC2)cc1. The average Bonchev–Trinajstić information content (AvgIpc) is 2.48. The minimum Gasteiger partial charge on any atom is -0.382 e. The summed E-state index contributed by atoms with van der Waals surface area (Å²) < 4.78 is 0. The van der Waals surface area contributed by atoms with Crippen LogP contribution in [-0.4, -0.2) is 30.1 Å². The molecule has 1 saturated heterocycles. The van der Waals surface area contributed by atoms with Gasteiger partial charge in [-0.1, -0.05) is 32.9 Å². The van der Waals surface area contributed by atoms with Crippen LogP contribution in [0.3, 0.4) is 0 Å². The van der Waals surface area contributed by atoms with Crippen molar-refractivity contribution < 1.29 is 4.79 Å². The van der Waals surface area contributed by atoms with Crippen molar-refractivity contribution in [1.29, 1.82) is 0 Å². The van der Waals surface area contributed by atoms with E-state index in [0.29, 0.717) is 6.04 Å². The van der Waals surface area contributed by atoms with E-state index in [2.05, 4.69) is 50.4 Å². The molecule has 0 atom stereocenters. The number of carbonyl (C=O) groups excluding carboxylic acids is 1. The number of likely N-dealkylation sites (tertiary alicyclic amines) is 1. The van der Waals surface area contributed by atoms with Crippen molar-refractivity contribution in [3.8, 4) is 0 Å². The molecular formula is C17H27N3O. The van der Waals surface area contributed by atoms with Gasteiger partial charge < -0.3 is 16.0 Å². The van der Waals surface area contributed by atoms with E-state index in [0.717, 1.165) is 38.0 Å². The molecule has 21 heavy (non-hydrogen) atoms. The summed E-state index contributed by atoms with van der Waals surface area (Å²) in [6.07, 6.45) is 3.03. The van der Waals surface area contributed by atoms with Crippen molar-refractivity contribution in [2.24, 2.45) is 5.73 Å². The first kappa shape index (κ1) is 15.7. The van der Waals surface area contributed by atoms with E-state index in [1.165, 1.54) is 5.56 Å². The van der Waals surface area contributed by atoms with Gasteiger partial charge in [-0.3, -0.25) is 0 Å². The normalized spacial score (nSPS) is 16.8. The number of carbonyl (C=O) groups is 1. The van der Waals surface area contributed by atoms with Gasteiger partial charge in [-0.2, -0.15) is 0 Å². The summed E-state index contributed by atoms with van der Waals surface area (Å²) in [5, 5.41) is 3.56. The second kappa shape index (κ2) is 6.37. The summed E-state index contributed by atoms with van der Waals surface area (Å²) in [4.78, 5) is 12.8. The standard InChI is InChI=1S/C17H27N3O/c1-4-17(2,3)13-5-7-14(8-6-13)19-15-9-11-20(12-10-15)16(18)21/h5-8,15,19H,4,9-12H2,1-3H3,(H2,18,21). The molecule has 0 aromatic heterocycles. The monoisotopic (exact) mass is 289 g/mol. The minimum atomic E-state index is -0.306. The summed E-state index contributed by atoms with van der Waals surface area (Å²) in [6, 6.07) is 8.86. The molecule has 0 saturated carbocycles. The molecular weight excluding hydrogens is 262 g/mol. The number of primary amides is 1. The van der Waals surface area contributed by atoms with Gasteiger partial charge in [0.1, 0.15) is 0 Å². The molecule has 3 N–H and O–H groups in total. The van der Waals surface area contributed by atoms with Crippen LogP contribution in [0.15, 0.2) is 24.3 Å². The molecule has 0 aliphatic carbocycles. The first-order chi connectivity index (χ1) is 9.92. The molecule has 0 radical (unpaired) electrons. The number of benzene rings is 1. The van der Waals surface area contributed by atoms with Gasteiger partial charge in [0.15, 0.2) is 0 Å². The lowest BCUT2D eigenvalue weighted by Crippen LogP contribution is -2.44. The summed E-state index contributed by atoms with van der Waals surface area (Å²) in [5.74, 6) is 0. The van der Waals surface area contributed by atoms with Crippen LogP contribution in [-0.2, 0) is 5.41 Å². The molecule has 2 amide bonds. The largest absolute Gasteiger partial charge is 0.382 e. The molecule has 0 unspecified atom stereocenters. The smallest absolute Gasteiger partial charge is 0.314 e. The van der Waals surface area contributed by atoms with Crippen LogP contribution < -0.4 is 11.1 Å². The molecule has 1 heterocycles. The molecule has 0 spiro atoms. The molecule has 116 valence electrons. The highest BCUT2D eigenvalue weighted by atomic mass is 16.2. The van der Waals surface area contributed by atoms with Crippen molar-refractivity contribution >= 4 is 11.7 Å². The summed E-state index contributed by atoms with van der Waals surface area (Å²) in [7, 11) is 0. The van der Waals surface area contributed by atoms with Gasteiger partial charge in [0, 0.05) is 24.8 Å². The van der Waals surface area contributed by atoms with Gasteiger partial charge in [0.2, 0.25) is 0 Å². The van der Waals surface area contributed by atoms with Crippen molar-refractivity contribution in [1.82, 2.24) is 4.90 Å². The van der Waals surface area contributed by atoms with Crippen LogP contribution in [0.25, 0.3) is 0 Å². The summed E-state index contributed by atoms with van der Waals surface area (Å²) in [6.45, 7) is 8.25. The predicted molar refractivity (Wildman–Crippen MR) is 87.6 cm³/mol. The first-order valence-electron chi connectivity index (χ1n) is 7.84. The minimum absolute atomic E-state index is 0.228. The van der Waals surface area contributed by atoms with E-state index < -0.39 is 0 Å². The Balaban J connectivity index is 1.91. The molecule has 1 aromatic carbocycles. The number of nitrogens with two attached hydrogens (primary N) is 1. The van der Waals surface area contributed by atoms with Crippen molar-refractivity contribution in [2.45, 2.75) is 51.5 Å². The molecule has 4 heteroatoms. The van der Waals surface area contributed by atoms with E-state index in [-0.39, 0.29) is 11.4 Å². The molecule has 0 bridgehead atoms. The van der Waals surface area contributed by atoms with Crippen LogP contribution in [0.1, 0.15) is 45.6 Å². The molecule has 1 aliphatic heterocycles. The third kappa shape index (κ3) is 3.90. The average molecular weight is 289 g/mol. The van der Waals surface area contributed by atoms with Crippen LogP contribution >= 0.6 is 0 Å². The zero-order valence-corrected chi connectivity index (χ0v) is 13.4. The Hall–Kier alpha value is -1.71. The van der Waals surface area contributed by atoms with E-state index in [4.69, 9.17) is 5.73 Å². The van der Waals surface area contributed by atoms with Crippen LogP contribution in [0, 0.1) is 0 Å². The highest BCUT2D eigenvalue weighted by Crippen LogP contribution is 2.28. The molecule has 2 rings (SSSR count). The number of hydrogen-bond donors (Lipinski definition) is 2. The lowest BCUT2D eigenvalue weighted by Gasteiger charge is -2.32. The van der Waals surface area contributed by atoms with Gasteiger partial charge in [-0.15, -0.1) is 0 Å². The van der Waals surface area contributed by atoms with Crippen LogP contribution in [0.5, 0.6) is 0 Å². The van der Waals surface area contributed by atoms with E-state index in [1.54, 1.807) is 4.90 Å². The number of hydrogen-bond acceptors (Lipinski definition) is 2. The zero-order valence-electron chi connectivity index (χ0n) is 13.4. The number of rotatable bonds is 4. The number of amides is 2. The highest BCUT2D eigenvalue weighted by Gasteiger charge is 2.21. The Bertz CT molecular complexity index is 473. The van der Waals surface area contributed by atoms with Gasteiger partial charge in [0.25, 0.3) is 0 Å². The fourth-order valence-corrected chi connectivity index (χ4v) is 2.70. The number of nitrogens with one attached hydrogen (secondary N) is 1. The number of nitrogens with zero attached hydrogens (tertiary/aromatic N) is 1. The Morgan fingerprint density at radius 2 is 1.86 bits per heavy atom. The Morgan fingerprint density at radius 1 is 1.29 bits per heavy atom. The molecule has 4 nitrogen and oxygen atoms in total. The summed E-state index contributed by atoms with van der Waals surface area (Å²) in [5.41, 5.74) is 8.06. The van der Waals surface area contributed by atoms with Gasteiger partial charge >= 0.3 is 6.03 Å². The number of urea groups is 1. The quantitative estimate of drug-likeness (QED) is 0.893. The highest BCUT2D eigenvalue weighted by molar-refractivity contribution is 5.72. The lowest BCUT2D eigenvalue weighted by atomic mass is 9.82. The second-order valence-corrected chi connectivity index (χ2v) is 6.56. The van der Waals surface area contributed by atoms with Crippen molar-refractivity contribution in [3.05, 3.63) is 29.8 Å².